The molecule has 0 bridgehead atoms. The molecule has 142 valence electrons. The summed E-state index contributed by atoms with van der Waals surface area (Å²) in [7, 11) is 1.54. The Bertz CT molecular complexity index is 835. The van der Waals surface area contributed by atoms with Crippen molar-refractivity contribution in [3.63, 3.8) is 0 Å². The molecule has 0 fully saturated rings. The first-order valence-corrected chi connectivity index (χ1v) is 8.47. The van der Waals surface area contributed by atoms with Gasteiger partial charge in [0, 0.05) is 18.3 Å². The van der Waals surface area contributed by atoms with E-state index in [1.807, 2.05) is 0 Å². The largest absolute Gasteiger partial charge is 0.497 e. The SMILES string of the molecule is CCN(CC(=O)Nc1cccc(OC)c1)C(=O)Cc1ccccc1C(=O)O. The van der Waals surface area contributed by atoms with Crippen molar-refractivity contribution < 1.29 is 24.2 Å². The van der Waals surface area contributed by atoms with Crippen molar-refractivity contribution in [2.45, 2.75) is 13.3 Å². The number of carbonyl (C=O) groups is 3. The summed E-state index contributed by atoms with van der Waals surface area (Å²) in [5.74, 6) is -1.13. The van der Waals surface area contributed by atoms with Gasteiger partial charge in [-0.3, -0.25) is 9.59 Å². The van der Waals surface area contributed by atoms with Gasteiger partial charge in [-0.25, -0.2) is 4.79 Å². The van der Waals surface area contributed by atoms with Crippen molar-refractivity contribution in [3.8, 4) is 5.75 Å². The Morgan fingerprint density at radius 2 is 1.85 bits per heavy atom. The standard InChI is InChI=1S/C20H22N2O5/c1-3-22(13-18(23)21-15-8-6-9-16(12-15)27-2)19(24)11-14-7-4-5-10-17(14)20(25)26/h4-10,12H,3,11,13H2,1-2H3,(H,21,23)(H,25,26). The Labute approximate surface area is 157 Å². The highest BCUT2D eigenvalue weighted by atomic mass is 16.5. The second kappa shape index (κ2) is 9.38. The molecule has 0 aliphatic heterocycles. The Kier molecular flexibility index (Phi) is 6.93. The van der Waals surface area contributed by atoms with E-state index >= 15 is 0 Å². The zero-order chi connectivity index (χ0) is 19.8. The van der Waals surface area contributed by atoms with Crippen molar-refractivity contribution in [1.29, 1.82) is 0 Å². The second-order valence-corrected chi connectivity index (χ2v) is 5.83. The fourth-order valence-corrected chi connectivity index (χ4v) is 2.61. The Morgan fingerprint density at radius 1 is 1.11 bits per heavy atom. The first-order chi connectivity index (χ1) is 12.9. The smallest absolute Gasteiger partial charge is 0.335 e. The van der Waals surface area contributed by atoms with Crippen molar-refractivity contribution in [3.05, 3.63) is 59.7 Å². The minimum Gasteiger partial charge on any atom is -0.497 e. The number of methoxy groups -OCH3 is 1. The molecule has 0 saturated heterocycles. The molecule has 27 heavy (non-hydrogen) atoms. The maximum Gasteiger partial charge on any atom is 0.335 e. The minimum atomic E-state index is -1.09. The van der Waals surface area contributed by atoms with Crippen LogP contribution in [0.5, 0.6) is 5.75 Å². The van der Waals surface area contributed by atoms with Crippen LogP contribution < -0.4 is 10.1 Å². The van der Waals surface area contributed by atoms with Crippen LogP contribution in [-0.4, -0.2) is 48.0 Å². The van der Waals surface area contributed by atoms with Crippen LogP contribution in [0.3, 0.4) is 0 Å². The lowest BCUT2D eigenvalue weighted by atomic mass is 10.0. The van der Waals surface area contributed by atoms with Gasteiger partial charge in [0.05, 0.1) is 25.6 Å². The van der Waals surface area contributed by atoms with E-state index in [4.69, 9.17) is 4.74 Å². The van der Waals surface area contributed by atoms with Crippen LogP contribution in [0.4, 0.5) is 5.69 Å². The summed E-state index contributed by atoms with van der Waals surface area (Å²) in [5, 5.41) is 12.0. The molecule has 0 radical (unpaired) electrons. The van der Waals surface area contributed by atoms with Crippen molar-refractivity contribution >= 4 is 23.5 Å². The zero-order valence-electron chi connectivity index (χ0n) is 15.3. The maximum atomic E-state index is 12.5. The fourth-order valence-electron chi connectivity index (χ4n) is 2.61. The third-order valence-electron chi connectivity index (χ3n) is 4.01. The predicted molar refractivity (Wildman–Crippen MR) is 101 cm³/mol. The predicted octanol–water partition coefficient (Wildman–Crippen LogP) is 2.42. The van der Waals surface area contributed by atoms with E-state index in [1.165, 1.54) is 18.1 Å². The number of likely N-dealkylation sites (N-methyl/N-ethyl adjacent to an activating group) is 1. The van der Waals surface area contributed by atoms with E-state index in [0.29, 0.717) is 23.5 Å². The van der Waals surface area contributed by atoms with E-state index < -0.39 is 5.97 Å². The first-order valence-electron chi connectivity index (χ1n) is 8.47. The van der Waals surface area contributed by atoms with E-state index in [0.717, 1.165) is 0 Å². The van der Waals surface area contributed by atoms with Gasteiger partial charge in [-0.1, -0.05) is 24.3 Å². The van der Waals surface area contributed by atoms with Gasteiger partial charge in [-0.2, -0.15) is 0 Å². The number of carboxylic acids is 1. The van der Waals surface area contributed by atoms with Gasteiger partial charge in [-0.05, 0) is 30.7 Å². The summed E-state index contributed by atoms with van der Waals surface area (Å²) in [6.45, 7) is 1.97. The van der Waals surface area contributed by atoms with Gasteiger partial charge < -0.3 is 20.1 Å². The molecule has 0 aromatic heterocycles. The van der Waals surface area contributed by atoms with Crippen molar-refractivity contribution in [2.75, 3.05) is 25.5 Å². The van der Waals surface area contributed by atoms with Crippen LogP contribution in [-0.2, 0) is 16.0 Å². The van der Waals surface area contributed by atoms with Crippen molar-refractivity contribution in [1.82, 2.24) is 4.90 Å². The number of aromatic carboxylic acids is 1. The molecule has 7 heteroatoms. The van der Waals surface area contributed by atoms with E-state index in [1.54, 1.807) is 49.4 Å². The summed E-state index contributed by atoms with van der Waals surface area (Å²) in [6.07, 6.45) is -0.0806. The van der Waals surface area contributed by atoms with Gasteiger partial charge in [0.2, 0.25) is 11.8 Å². The Hall–Kier alpha value is -3.35. The number of anilines is 1. The maximum absolute atomic E-state index is 12.5. The van der Waals surface area contributed by atoms with Crippen LogP contribution in [0.2, 0.25) is 0 Å². The number of ether oxygens (including phenoxy) is 1. The third-order valence-corrected chi connectivity index (χ3v) is 4.01. The normalized spacial score (nSPS) is 10.1. The average molecular weight is 370 g/mol. The fraction of sp³-hybridized carbons (Fsp3) is 0.250. The molecule has 7 nitrogen and oxygen atoms in total. The molecule has 0 saturated carbocycles. The summed E-state index contributed by atoms with van der Waals surface area (Å²) in [6, 6.07) is 13.3. The number of benzene rings is 2. The van der Waals surface area contributed by atoms with Gasteiger partial charge in [-0.15, -0.1) is 0 Å². The third kappa shape index (κ3) is 5.57. The van der Waals surface area contributed by atoms with Gasteiger partial charge >= 0.3 is 5.97 Å². The number of hydrogen-bond donors (Lipinski definition) is 2. The van der Waals surface area contributed by atoms with E-state index in [2.05, 4.69) is 5.32 Å². The lowest BCUT2D eigenvalue weighted by Gasteiger charge is -2.21. The van der Waals surface area contributed by atoms with Crippen LogP contribution in [0.15, 0.2) is 48.5 Å². The van der Waals surface area contributed by atoms with E-state index in [-0.39, 0.29) is 30.3 Å². The van der Waals surface area contributed by atoms with Crippen LogP contribution >= 0.6 is 0 Å². The molecule has 2 aromatic carbocycles. The molecule has 0 unspecified atom stereocenters. The van der Waals surface area contributed by atoms with Crippen LogP contribution in [0.25, 0.3) is 0 Å². The summed E-state index contributed by atoms with van der Waals surface area (Å²) < 4.78 is 5.11. The van der Waals surface area contributed by atoms with Crippen LogP contribution in [0.1, 0.15) is 22.8 Å². The monoisotopic (exact) mass is 370 g/mol. The average Bonchev–Trinajstić information content (AvgIpc) is 2.66. The van der Waals surface area contributed by atoms with Gasteiger partial charge in [0.15, 0.2) is 0 Å². The molecule has 2 rings (SSSR count). The molecule has 0 aliphatic rings. The lowest BCUT2D eigenvalue weighted by Crippen LogP contribution is -2.38. The number of nitrogens with zero attached hydrogens (tertiary/aromatic N) is 1. The molecule has 0 heterocycles. The Morgan fingerprint density at radius 3 is 2.52 bits per heavy atom. The minimum absolute atomic E-state index is 0.0806. The highest BCUT2D eigenvalue weighted by Gasteiger charge is 2.19. The Balaban J connectivity index is 2.02. The van der Waals surface area contributed by atoms with E-state index in [9.17, 15) is 19.5 Å². The molecule has 2 N–H and O–H groups in total. The molecule has 2 amide bonds. The second-order valence-electron chi connectivity index (χ2n) is 5.83. The topological polar surface area (TPSA) is 95.9 Å². The van der Waals surface area contributed by atoms with Crippen molar-refractivity contribution in [2.24, 2.45) is 0 Å². The number of hydrogen-bond acceptors (Lipinski definition) is 4. The quantitative estimate of drug-likeness (QED) is 0.744. The highest BCUT2D eigenvalue weighted by Crippen LogP contribution is 2.17. The molecule has 0 spiro atoms. The number of carbonyl (C=O) groups excluding carboxylic acids is 2. The zero-order valence-corrected chi connectivity index (χ0v) is 15.3. The first kappa shape index (κ1) is 20.0. The number of rotatable bonds is 8. The molecular formula is C20H22N2O5. The number of amides is 2. The number of nitrogens with one attached hydrogen (secondary N) is 1. The lowest BCUT2D eigenvalue weighted by molar-refractivity contribution is -0.133. The molecular weight excluding hydrogens is 348 g/mol. The summed E-state index contributed by atoms with van der Waals surface area (Å²) in [5.41, 5.74) is 1.07. The number of carboxylic acid groups (broad SMARTS) is 1. The summed E-state index contributed by atoms with van der Waals surface area (Å²) >= 11 is 0. The van der Waals surface area contributed by atoms with Crippen LogP contribution in [0, 0.1) is 0 Å². The highest BCUT2D eigenvalue weighted by molar-refractivity contribution is 5.96. The van der Waals surface area contributed by atoms with Gasteiger partial charge in [0.1, 0.15) is 5.75 Å². The summed E-state index contributed by atoms with van der Waals surface area (Å²) in [4.78, 5) is 37.5. The molecule has 0 atom stereocenters. The van der Waals surface area contributed by atoms with Gasteiger partial charge in [0.25, 0.3) is 0 Å². The molecule has 0 aliphatic carbocycles. The molecule has 2 aromatic rings.